The molecule has 146 valence electrons. The van der Waals surface area contributed by atoms with E-state index >= 15 is 0 Å². The molecule has 0 aliphatic carbocycles. The summed E-state index contributed by atoms with van der Waals surface area (Å²) in [4.78, 5) is 7.18. The third-order valence-corrected chi connectivity index (χ3v) is 5.30. The lowest BCUT2D eigenvalue weighted by molar-refractivity contribution is 0.198. The average molecular weight is 434 g/mol. The van der Waals surface area contributed by atoms with E-state index in [1.54, 1.807) is 6.33 Å². The number of hydrogen-bond donors (Lipinski definition) is 2. The van der Waals surface area contributed by atoms with Crippen molar-refractivity contribution in [1.82, 2.24) is 30.3 Å². The Bertz CT molecular complexity index is 733. The van der Waals surface area contributed by atoms with Gasteiger partial charge in [-0.2, -0.15) is 0 Å². The van der Waals surface area contributed by atoms with Crippen LogP contribution in [-0.2, 0) is 20.1 Å². The maximum atomic E-state index is 4.66. The Morgan fingerprint density at radius 3 is 2.63 bits per heavy atom. The minimum absolute atomic E-state index is 0.448. The lowest BCUT2D eigenvalue weighted by Crippen LogP contribution is -2.48. The molecule has 1 saturated heterocycles. The highest BCUT2D eigenvalue weighted by molar-refractivity contribution is 9.10. The van der Waals surface area contributed by atoms with Gasteiger partial charge in [0.25, 0.3) is 0 Å². The van der Waals surface area contributed by atoms with Gasteiger partial charge in [-0.3, -0.25) is 4.90 Å². The third kappa shape index (κ3) is 6.04. The maximum Gasteiger partial charge on any atom is 0.191 e. The molecular weight excluding hydrogens is 406 g/mol. The van der Waals surface area contributed by atoms with Crippen LogP contribution in [0.25, 0.3) is 0 Å². The van der Waals surface area contributed by atoms with Gasteiger partial charge >= 0.3 is 0 Å². The van der Waals surface area contributed by atoms with Gasteiger partial charge in [-0.1, -0.05) is 28.1 Å². The molecule has 0 amide bonds. The second-order valence-electron chi connectivity index (χ2n) is 6.87. The van der Waals surface area contributed by atoms with Crippen molar-refractivity contribution in [3.8, 4) is 0 Å². The zero-order valence-electron chi connectivity index (χ0n) is 16.0. The van der Waals surface area contributed by atoms with Crippen LogP contribution in [0.3, 0.4) is 0 Å². The Labute approximate surface area is 169 Å². The highest BCUT2D eigenvalue weighted by atomic mass is 79.9. The lowest BCUT2D eigenvalue weighted by atomic mass is 10.0. The van der Waals surface area contributed by atoms with Crippen LogP contribution >= 0.6 is 15.9 Å². The zero-order valence-corrected chi connectivity index (χ0v) is 17.6. The third-order valence-electron chi connectivity index (χ3n) is 4.78. The van der Waals surface area contributed by atoms with Gasteiger partial charge in [-0.25, -0.2) is 4.99 Å². The van der Waals surface area contributed by atoms with Crippen molar-refractivity contribution in [2.75, 3.05) is 19.6 Å². The minimum atomic E-state index is 0.448. The van der Waals surface area contributed by atoms with Crippen LogP contribution < -0.4 is 10.6 Å². The Balaban J connectivity index is 1.48. The quantitative estimate of drug-likeness (QED) is 0.540. The van der Waals surface area contributed by atoms with E-state index in [2.05, 4.69) is 77.8 Å². The SMILES string of the molecule is CCNC(=NCc1nncn1C)NC1CCN(Cc2ccc(Br)cc2)CC1. The molecule has 0 unspecified atom stereocenters. The molecule has 8 heteroatoms. The molecule has 0 atom stereocenters. The first-order valence-electron chi connectivity index (χ1n) is 9.48. The van der Waals surface area contributed by atoms with Gasteiger partial charge in [-0.05, 0) is 37.5 Å². The summed E-state index contributed by atoms with van der Waals surface area (Å²) in [7, 11) is 1.94. The van der Waals surface area contributed by atoms with Crippen LogP contribution in [0.15, 0.2) is 40.1 Å². The summed E-state index contributed by atoms with van der Waals surface area (Å²) in [5.74, 6) is 1.71. The number of likely N-dealkylation sites (tertiary alicyclic amines) is 1. The van der Waals surface area contributed by atoms with Crippen molar-refractivity contribution in [3.05, 3.63) is 46.5 Å². The Hall–Kier alpha value is -1.93. The van der Waals surface area contributed by atoms with Crippen molar-refractivity contribution in [2.45, 2.75) is 38.9 Å². The van der Waals surface area contributed by atoms with Gasteiger partial charge in [-0.15, -0.1) is 10.2 Å². The molecule has 1 fully saturated rings. The molecule has 0 bridgehead atoms. The molecule has 0 radical (unpaired) electrons. The standard InChI is InChI=1S/C19H28BrN7/c1-3-21-19(22-12-18-25-23-14-26(18)2)24-17-8-10-27(11-9-17)13-15-4-6-16(20)7-5-15/h4-7,14,17H,3,8-13H2,1-2H3,(H2,21,22,24). The molecule has 0 spiro atoms. The fraction of sp³-hybridized carbons (Fsp3) is 0.526. The van der Waals surface area contributed by atoms with Gasteiger partial charge in [0.2, 0.25) is 0 Å². The van der Waals surface area contributed by atoms with Crippen LogP contribution in [-0.4, -0.2) is 51.3 Å². The van der Waals surface area contributed by atoms with Gasteiger partial charge in [0.1, 0.15) is 12.9 Å². The van der Waals surface area contributed by atoms with Crippen LogP contribution in [0.1, 0.15) is 31.2 Å². The van der Waals surface area contributed by atoms with E-state index in [0.717, 1.165) is 55.3 Å². The van der Waals surface area contributed by atoms with Crippen LogP contribution in [0.4, 0.5) is 0 Å². The monoisotopic (exact) mass is 433 g/mol. The Morgan fingerprint density at radius 2 is 2.00 bits per heavy atom. The molecule has 2 heterocycles. The van der Waals surface area contributed by atoms with Gasteiger partial charge in [0.05, 0.1) is 0 Å². The van der Waals surface area contributed by atoms with Crippen LogP contribution in [0.2, 0.25) is 0 Å². The number of benzene rings is 1. The van der Waals surface area contributed by atoms with Gasteiger partial charge < -0.3 is 15.2 Å². The summed E-state index contributed by atoms with van der Waals surface area (Å²) in [6.07, 6.45) is 3.93. The Kier molecular flexibility index (Phi) is 7.23. The van der Waals surface area contributed by atoms with Crippen LogP contribution in [0.5, 0.6) is 0 Å². The second kappa shape index (κ2) is 9.85. The minimum Gasteiger partial charge on any atom is -0.357 e. The topological polar surface area (TPSA) is 70.4 Å². The number of halogens is 1. The fourth-order valence-electron chi connectivity index (χ4n) is 3.20. The number of aryl methyl sites for hydroxylation is 1. The highest BCUT2D eigenvalue weighted by Gasteiger charge is 2.20. The second-order valence-corrected chi connectivity index (χ2v) is 7.79. The van der Waals surface area contributed by atoms with Gasteiger partial charge in [0, 0.05) is 43.7 Å². The number of guanidine groups is 1. The van der Waals surface area contributed by atoms with Gasteiger partial charge in [0.15, 0.2) is 11.8 Å². The van der Waals surface area contributed by atoms with E-state index in [1.807, 2.05) is 11.6 Å². The summed E-state index contributed by atoms with van der Waals surface area (Å²) in [6, 6.07) is 9.05. The van der Waals surface area contributed by atoms with Crippen LogP contribution in [0, 0.1) is 0 Å². The van der Waals surface area contributed by atoms with Crippen molar-refractivity contribution in [2.24, 2.45) is 12.0 Å². The molecule has 1 aliphatic heterocycles. The van der Waals surface area contributed by atoms with Crippen molar-refractivity contribution in [1.29, 1.82) is 0 Å². The molecule has 1 aliphatic rings. The van der Waals surface area contributed by atoms with E-state index in [9.17, 15) is 0 Å². The van der Waals surface area contributed by atoms with Crippen molar-refractivity contribution >= 4 is 21.9 Å². The van der Waals surface area contributed by atoms with E-state index < -0.39 is 0 Å². The number of piperidine rings is 1. The summed E-state index contributed by atoms with van der Waals surface area (Å²) in [5.41, 5.74) is 1.36. The lowest BCUT2D eigenvalue weighted by Gasteiger charge is -2.33. The predicted octanol–water partition coefficient (Wildman–Crippen LogP) is 2.30. The maximum absolute atomic E-state index is 4.66. The summed E-state index contributed by atoms with van der Waals surface area (Å²) in [5, 5.41) is 14.9. The smallest absolute Gasteiger partial charge is 0.191 e. The molecule has 27 heavy (non-hydrogen) atoms. The summed E-state index contributed by atoms with van der Waals surface area (Å²) >= 11 is 3.50. The molecule has 2 N–H and O–H groups in total. The molecule has 3 rings (SSSR count). The van der Waals surface area contributed by atoms with E-state index in [0.29, 0.717) is 12.6 Å². The first-order chi connectivity index (χ1) is 13.1. The molecule has 2 aromatic rings. The van der Waals surface area contributed by atoms with E-state index in [1.165, 1.54) is 5.56 Å². The first-order valence-corrected chi connectivity index (χ1v) is 10.3. The zero-order chi connectivity index (χ0) is 19.1. The molecule has 0 saturated carbocycles. The number of nitrogens with one attached hydrogen (secondary N) is 2. The van der Waals surface area contributed by atoms with Crippen molar-refractivity contribution < 1.29 is 0 Å². The summed E-state index contributed by atoms with van der Waals surface area (Å²) < 4.78 is 3.03. The molecule has 1 aromatic carbocycles. The Morgan fingerprint density at radius 1 is 1.26 bits per heavy atom. The molecular formula is C19H28BrN7. The summed E-state index contributed by atoms with van der Waals surface area (Å²) in [6.45, 7) is 6.65. The van der Waals surface area contributed by atoms with E-state index in [4.69, 9.17) is 0 Å². The normalized spacial score (nSPS) is 16.5. The predicted molar refractivity (Wildman–Crippen MR) is 111 cm³/mol. The molecule has 1 aromatic heterocycles. The number of aliphatic imine (C=N–C) groups is 1. The number of nitrogens with zero attached hydrogens (tertiary/aromatic N) is 5. The number of hydrogen-bond acceptors (Lipinski definition) is 4. The first kappa shape index (κ1) is 19.8. The largest absolute Gasteiger partial charge is 0.357 e. The molecule has 7 nitrogen and oxygen atoms in total. The number of aromatic nitrogens is 3. The highest BCUT2D eigenvalue weighted by Crippen LogP contribution is 2.16. The van der Waals surface area contributed by atoms with Crippen molar-refractivity contribution in [3.63, 3.8) is 0 Å². The van der Waals surface area contributed by atoms with E-state index in [-0.39, 0.29) is 0 Å². The number of rotatable bonds is 6. The fourth-order valence-corrected chi connectivity index (χ4v) is 3.46. The average Bonchev–Trinajstić information content (AvgIpc) is 3.08.